The van der Waals surface area contributed by atoms with E-state index in [-0.39, 0.29) is 13.2 Å². The van der Waals surface area contributed by atoms with Crippen molar-refractivity contribution in [1.29, 1.82) is 0 Å². The van der Waals surface area contributed by atoms with Gasteiger partial charge < -0.3 is 24.1 Å². The number of hydrogen-bond acceptors (Lipinski definition) is 6. The molecular weight excluding hydrogens is 360 g/mol. The minimum Gasteiger partial charge on any atom is -0.459 e. The van der Waals surface area contributed by atoms with Crippen LogP contribution in [0.1, 0.15) is 29.8 Å². The van der Waals surface area contributed by atoms with E-state index in [1.165, 1.54) is 0 Å². The summed E-state index contributed by atoms with van der Waals surface area (Å²) in [5.41, 5.74) is 1.46. The zero-order chi connectivity index (χ0) is 20.0. The third-order valence-corrected chi connectivity index (χ3v) is 4.46. The summed E-state index contributed by atoms with van der Waals surface area (Å²) in [6.07, 6.45) is -1.74. The Morgan fingerprint density at radius 3 is 2.25 bits per heavy atom. The second kappa shape index (κ2) is 9.30. The second-order valence-electron chi connectivity index (χ2n) is 7.12. The predicted octanol–water partition coefficient (Wildman–Crippen LogP) is 2.94. The Balaban J connectivity index is 1.68. The third kappa shape index (κ3) is 5.39. The van der Waals surface area contributed by atoms with Crippen molar-refractivity contribution in [2.75, 3.05) is 13.2 Å². The summed E-state index contributed by atoms with van der Waals surface area (Å²) in [5.74, 6) is -1.36. The molecule has 0 spiro atoms. The number of benzene rings is 2. The van der Waals surface area contributed by atoms with Crippen LogP contribution in [0.5, 0.6) is 0 Å². The molecule has 0 unspecified atom stereocenters. The van der Waals surface area contributed by atoms with E-state index in [2.05, 4.69) is 0 Å². The zero-order valence-electron chi connectivity index (χ0n) is 16.1. The smallest absolute Gasteiger partial charge is 0.338 e. The summed E-state index contributed by atoms with van der Waals surface area (Å²) >= 11 is 0. The maximum absolute atomic E-state index is 12.3. The molecule has 1 heterocycles. The van der Waals surface area contributed by atoms with Gasteiger partial charge in [0.05, 0.1) is 18.8 Å². The minimum atomic E-state index is -0.927. The highest BCUT2D eigenvalue weighted by Gasteiger charge is 2.44. The number of esters is 1. The largest absolute Gasteiger partial charge is 0.459 e. The molecule has 1 aliphatic heterocycles. The van der Waals surface area contributed by atoms with Gasteiger partial charge in [-0.1, -0.05) is 48.5 Å². The SMILES string of the molecule is CC1(C)O[C@H](CO)[C@H](OCc2ccccc2)[C@@H](COC(=O)c2ccccc2)O1. The Morgan fingerprint density at radius 1 is 1.00 bits per heavy atom. The fourth-order valence-corrected chi connectivity index (χ4v) is 3.20. The maximum atomic E-state index is 12.3. The lowest BCUT2D eigenvalue weighted by molar-refractivity contribution is -0.346. The molecule has 150 valence electrons. The van der Waals surface area contributed by atoms with Crippen molar-refractivity contribution in [3.8, 4) is 0 Å². The van der Waals surface area contributed by atoms with Crippen LogP contribution in [0, 0.1) is 0 Å². The average molecular weight is 386 g/mol. The standard InChI is InChI=1S/C22H26O6/c1-22(2)27-18(13-23)20(25-14-16-9-5-3-6-10-16)19(28-22)15-26-21(24)17-11-7-4-8-12-17/h3-12,18-20,23H,13-15H2,1-2H3/t18-,19-,20+/m1/s1. The highest BCUT2D eigenvalue weighted by atomic mass is 16.7. The molecule has 0 aromatic heterocycles. The molecule has 0 bridgehead atoms. The molecule has 28 heavy (non-hydrogen) atoms. The normalized spacial score (nSPS) is 23.9. The summed E-state index contributed by atoms with van der Waals surface area (Å²) in [6.45, 7) is 3.62. The molecule has 1 aliphatic rings. The highest BCUT2D eigenvalue weighted by molar-refractivity contribution is 5.89. The molecule has 6 nitrogen and oxygen atoms in total. The fourth-order valence-electron chi connectivity index (χ4n) is 3.20. The molecule has 2 aromatic carbocycles. The molecule has 1 saturated heterocycles. The van der Waals surface area contributed by atoms with Crippen molar-refractivity contribution in [2.24, 2.45) is 0 Å². The lowest BCUT2D eigenvalue weighted by Gasteiger charge is -2.44. The van der Waals surface area contributed by atoms with E-state index in [0.29, 0.717) is 12.2 Å². The van der Waals surface area contributed by atoms with Crippen molar-refractivity contribution in [1.82, 2.24) is 0 Å². The monoisotopic (exact) mass is 386 g/mol. The number of carbonyl (C=O) groups excluding carboxylic acids is 1. The Morgan fingerprint density at radius 2 is 1.61 bits per heavy atom. The van der Waals surface area contributed by atoms with Crippen LogP contribution in [-0.2, 0) is 25.6 Å². The van der Waals surface area contributed by atoms with Gasteiger partial charge in [0.1, 0.15) is 24.9 Å². The van der Waals surface area contributed by atoms with E-state index >= 15 is 0 Å². The topological polar surface area (TPSA) is 74.2 Å². The van der Waals surface area contributed by atoms with E-state index in [1.54, 1.807) is 38.1 Å². The van der Waals surface area contributed by atoms with Gasteiger partial charge in [0.2, 0.25) is 0 Å². The molecule has 6 heteroatoms. The van der Waals surface area contributed by atoms with Crippen LogP contribution in [0.3, 0.4) is 0 Å². The quantitative estimate of drug-likeness (QED) is 0.738. The van der Waals surface area contributed by atoms with Gasteiger partial charge in [-0.15, -0.1) is 0 Å². The summed E-state index contributed by atoms with van der Waals surface area (Å²) < 4.78 is 23.2. The van der Waals surface area contributed by atoms with Crippen molar-refractivity contribution < 1.29 is 28.8 Å². The number of aliphatic hydroxyl groups is 1. The fraction of sp³-hybridized carbons (Fsp3) is 0.409. The van der Waals surface area contributed by atoms with Gasteiger partial charge in [0.25, 0.3) is 0 Å². The van der Waals surface area contributed by atoms with Crippen LogP contribution >= 0.6 is 0 Å². The molecule has 0 saturated carbocycles. The maximum Gasteiger partial charge on any atom is 0.338 e. The lowest BCUT2D eigenvalue weighted by Crippen LogP contribution is -2.58. The van der Waals surface area contributed by atoms with Crippen LogP contribution in [0.4, 0.5) is 0 Å². The highest BCUT2D eigenvalue weighted by Crippen LogP contribution is 2.30. The number of rotatable bonds is 7. The first-order valence-electron chi connectivity index (χ1n) is 9.33. The molecular formula is C22H26O6. The van der Waals surface area contributed by atoms with Crippen LogP contribution in [0.25, 0.3) is 0 Å². The van der Waals surface area contributed by atoms with Crippen LogP contribution in [0.15, 0.2) is 60.7 Å². The lowest BCUT2D eigenvalue weighted by atomic mass is 10.1. The first kappa shape index (κ1) is 20.5. The molecule has 0 amide bonds. The number of hydrogen-bond donors (Lipinski definition) is 1. The van der Waals surface area contributed by atoms with Crippen molar-refractivity contribution >= 4 is 5.97 Å². The van der Waals surface area contributed by atoms with E-state index in [0.717, 1.165) is 5.56 Å². The molecule has 1 fully saturated rings. The Bertz CT molecular complexity index is 746. The Labute approximate surface area is 165 Å². The van der Waals surface area contributed by atoms with Crippen LogP contribution in [0.2, 0.25) is 0 Å². The average Bonchev–Trinajstić information content (AvgIpc) is 2.71. The van der Waals surface area contributed by atoms with Gasteiger partial charge >= 0.3 is 5.97 Å². The number of carbonyl (C=O) groups is 1. The molecule has 1 N–H and O–H groups in total. The van der Waals surface area contributed by atoms with E-state index < -0.39 is 30.1 Å². The molecule has 3 atom stereocenters. The van der Waals surface area contributed by atoms with E-state index in [9.17, 15) is 9.90 Å². The zero-order valence-corrected chi connectivity index (χ0v) is 16.1. The van der Waals surface area contributed by atoms with Crippen molar-refractivity contribution in [3.05, 3.63) is 71.8 Å². The van der Waals surface area contributed by atoms with Gasteiger partial charge in [0, 0.05) is 0 Å². The van der Waals surface area contributed by atoms with Gasteiger partial charge in [0.15, 0.2) is 5.79 Å². The number of aliphatic hydroxyl groups excluding tert-OH is 1. The van der Waals surface area contributed by atoms with Crippen LogP contribution < -0.4 is 0 Å². The summed E-state index contributed by atoms with van der Waals surface area (Å²) in [6, 6.07) is 18.5. The van der Waals surface area contributed by atoms with Crippen molar-refractivity contribution in [3.63, 3.8) is 0 Å². The molecule has 0 radical (unpaired) electrons. The summed E-state index contributed by atoms with van der Waals surface area (Å²) in [4.78, 5) is 12.3. The van der Waals surface area contributed by atoms with Crippen molar-refractivity contribution in [2.45, 2.75) is 44.6 Å². The van der Waals surface area contributed by atoms with Gasteiger partial charge in [-0.25, -0.2) is 4.79 Å². The Hall–Kier alpha value is -2.25. The van der Waals surface area contributed by atoms with Crippen LogP contribution in [-0.4, -0.2) is 48.4 Å². The Kier molecular flexibility index (Phi) is 6.80. The van der Waals surface area contributed by atoms with Gasteiger partial charge in [-0.05, 0) is 31.5 Å². The minimum absolute atomic E-state index is 0.00350. The second-order valence-corrected chi connectivity index (χ2v) is 7.12. The van der Waals surface area contributed by atoms with Gasteiger partial charge in [-0.2, -0.15) is 0 Å². The van der Waals surface area contributed by atoms with E-state index in [4.69, 9.17) is 18.9 Å². The summed E-state index contributed by atoms with van der Waals surface area (Å²) in [7, 11) is 0. The predicted molar refractivity (Wildman–Crippen MR) is 103 cm³/mol. The van der Waals surface area contributed by atoms with Gasteiger partial charge in [-0.3, -0.25) is 0 Å². The van der Waals surface area contributed by atoms with E-state index in [1.807, 2.05) is 36.4 Å². The molecule has 3 rings (SSSR count). The molecule has 2 aromatic rings. The third-order valence-electron chi connectivity index (χ3n) is 4.46. The number of ether oxygens (including phenoxy) is 4. The first-order chi connectivity index (χ1) is 13.5. The molecule has 0 aliphatic carbocycles. The summed E-state index contributed by atoms with van der Waals surface area (Å²) in [5, 5.41) is 9.80. The first-order valence-corrected chi connectivity index (χ1v) is 9.33.